The van der Waals surface area contributed by atoms with Gasteiger partial charge in [0.15, 0.2) is 5.03 Å². The zero-order chi connectivity index (χ0) is 11.1. The summed E-state index contributed by atoms with van der Waals surface area (Å²) in [6, 6.07) is 2.95. The van der Waals surface area contributed by atoms with Crippen LogP contribution in [-0.4, -0.2) is 19.5 Å². The average Bonchev–Trinajstić information content (AvgIpc) is 2.85. The van der Waals surface area contributed by atoms with Crippen LogP contribution in [0.5, 0.6) is 5.75 Å². The maximum atomic E-state index is 11.1. The van der Waals surface area contributed by atoms with Gasteiger partial charge >= 0.3 is 0 Å². The molecule has 2 N–H and O–H groups in total. The highest BCUT2D eigenvalue weighted by Crippen LogP contribution is 2.28. The van der Waals surface area contributed by atoms with Crippen molar-refractivity contribution in [1.82, 2.24) is 4.98 Å². The van der Waals surface area contributed by atoms with Crippen molar-refractivity contribution in [1.29, 1.82) is 0 Å². The minimum absolute atomic E-state index is 0.187. The van der Waals surface area contributed by atoms with Crippen molar-refractivity contribution >= 4 is 26.0 Å². The van der Waals surface area contributed by atoms with Gasteiger partial charge in [0, 0.05) is 12.1 Å². The largest absolute Gasteiger partial charge is 0.490 e. The summed E-state index contributed by atoms with van der Waals surface area (Å²) in [6.45, 7) is 0. The molecule has 1 aromatic rings. The standard InChI is InChI=1S/C8H9BrN2O3S/c9-7-3-6(14-5-1-2-5)4-8(11-7)15(10,12)13/h3-5H,1-2H2,(H2,10,12,13). The van der Waals surface area contributed by atoms with Gasteiger partial charge in [-0.1, -0.05) is 0 Å². The van der Waals surface area contributed by atoms with Crippen molar-refractivity contribution < 1.29 is 13.2 Å². The van der Waals surface area contributed by atoms with Crippen LogP contribution in [0.15, 0.2) is 21.8 Å². The minimum Gasteiger partial charge on any atom is -0.490 e. The molecule has 1 aliphatic rings. The number of rotatable bonds is 3. The normalized spacial score (nSPS) is 16.4. The minimum atomic E-state index is -3.78. The highest BCUT2D eigenvalue weighted by atomic mass is 79.9. The summed E-state index contributed by atoms with van der Waals surface area (Å²) < 4.78 is 28.0. The molecule has 0 atom stereocenters. The van der Waals surface area contributed by atoms with Crippen LogP contribution in [-0.2, 0) is 10.0 Å². The quantitative estimate of drug-likeness (QED) is 0.844. The molecule has 7 heteroatoms. The lowest BCUT2D eigenvalue weighted by Crippen LogP contribution is -2.14. The molecule has 0 aliphatic heterocycles. The lowest BCUT2D eigenvalue weighted by molar-refractivity contribution is 0.301. The van der Waals surface area contributed by atoms with Gasteiger partial charge in [0.1, 0.15) is 10.4 Å². The zero-order valence-electron chi connectivity index (χ0n) is 7.68. The number of nitrogens with zero attached hydrogens (tertiary/aromatic N) is 1. The van der Waals surface area contributed by atoms with Gasteiger partial charge in [0.05, 0.1) is 6.10 Å². The number of nitrogens with two attached hydrogens (primary N) is 1. The maximum absolute atomic E-state index is 11.1. The first kappa shape index (κ1) is 10.8. The first-order valence-electron chi connectivity index (χ1n) is 4.32. The monoisotopic (exact) mass is 292 g/mol. The molecule has 1 saturated carbocycles. The van der Waals surface area contributed by atoms with Crippen molar-refractivity contribution in [3.05, 3.63) is 16.7 Å². The van der Waals surface area contributed by atoms with Gasteiger partial charge < -0.3 is 4.74 Å². The number of sulfonamides is 1. The summed E-state index contributed by atoms with van der Waals surface area (Å²) in [5.41, 5.74) is 0. The number of hydrogen-bond acceptors (Lipinski definition) is 4. The molecule has 1 aromatic heterocycles. The van der Waals surface area contributed by atoms with Crippen LogP contribution in [0.25, 0.3) is 0 Å². The molecule has 0 spiro atoms. The van der Waals surface area contributed by atoms with Gasteiger partial charge in [-0.15, -0.1) is 0 Å². The van der Waals surface area contributed by atoms with Crippen LogP contribution in [0, 0.1) is 0 Å². The fourth-order valence-corrected chi connectivity index (χ4v) is 2.08. The first-order valence-corrected chi connectivity index (χ1v) is 6.66. The lowest BCUT2D eigenvalue weighted by Gasteiger charge is -2.06. The summed E-state index contributed by atoms with van der Waals surface area (Å²) in [6.07, 6.45) is 2.21. The van der Waals surface area contributed by atoms with E-state index in [-0.39, 0.29) is 11.1 Å². The van der Waals surface area contributed by atoms with Crippen LogP contribution in [0.1, 0.15) is 12.8 Å². The molecular weight excluding hydrogens is 284 g/mol. The maximum Gasteiger partial charge on any atom is 0.255 e. The van der Waals surface area contributed by atoms with Gasteiger partial charge in [0.25, 0.3) is 10.0 Å². The van der Waals surface area contributed by atoms with Crippen molar-refractivity contribution in [3.63, 3.8) is 0 Å². The van der Waals surface area contributed by atoms with Gasteiger partial charge in [-0.25, -0.2) is 18.5 Å². The molecule has 1 aliphatic carbocycles. The van der Waals surface area contributed by atoms with Crippen LogP contribution in [0.2, 0.25) is 0 Å². The molecule has 0 amide bonds. The Balaban J connectivity index is 2.35. The number of hydrogen-bond donors (Lipinski definition) is 1. The number of aromatic nitrogens is 1. The molecule has 0 unspecified atom stereocenters. The molecule has 0 aromatic carbocycles. The number of ether oxygens (including phenoxy) is 1. The van der Waals surface area contributed by atoms with Crippen LogP contribution >= 0.6 is 15.9 Å². The van der Waals surface area contributed by atoms with Crippen molar-refractivity contribution in [2.24, 2.45) is 5.14 Å². The predicted molar refractivity (Wildman–Crippen MR) is 57.0 cm³/mol. The molecule has 2 rings (SSSR count). The Morgan fingerprint density at radius 2 is 2.13 bits per heavy atom. The van der Waals surface area contributed by atoms with E-state index in [1.165, 1.54) is 6.07 Å². The number of primary sulfonamides is 1. The Hall–Kier alpha value is -0.660. The first-order chi connectivity index (χ1) is 6.95. The summed E-state index contributed by atoms with van der Waals surface area (Å²) >= 11 is 3.10. The third-order valence-corrected chi connectivity index (χ3v) is 3.06. The molecular formula is C8H9BrN2O3S. The topological polar surface area (TPSA) is 82.3 Å². The predicted octanol–water partition coefficient (Wildman–Crippen LogP) is 1.03. The molecule has 0 bridgehead atoms. The van der Waals surface area contributed by atoms with E-state index in [2.05, 4.69) is 20.9 Å². The Labute approximate surface area is 95.8 Å². The highest BCUT2D eigenvalue weighted by molar-refractivity contribution is 9.10. The zero-order valence-corrected chi connectivity index (χ0v) is 10.1. The molecule has 0 saturated heterocycles. The van der Waals surface area contributed by atoms with Gasteiger partial charge in [0.2, 0.25) is 0 Å². The van der Waals surface area contributed by atoms with E-state index in [4.69, 9.17) is 9.88 Å². The summed E-state index contributed by atoms with van der Waals surface area (Å²) in [5.74, 6) is 0.475. The SMILES string of the molecule is NS(=O)(=O)c1cc(OC2CC2)cc(Br)n1. The van der Waals surface area contributed by atoms with E-state index < -0.39 is 10.0 Å². The third kappa shape index (κ3) is 2.90. The lowest BCUT2D eigenvalue weighted by atomic mass is 10.4. The van der Waals surface area contributed by atoms with E-state index >= 15 is 0 Å². The van der Waals surface area contributed by atoms with Gasteiger partial charge in [-0.05, 0) is 28.8 Å². The average molecular weight is 293 g/mol. The second-order valence-corrected chi connectivity index (χ2v) is 5.65. The number of pyridine rings is 1. The summed E-state index contributed by atoms with van der Waals surface area (Å²) in [7, 11) is -3.78. The second-order valence-electron chi connectivity index (χ2n) is 3.33. The third-order valence-electron chi connectivity index (χ3n) is 1.86. The summed E-state index contributed by atoms with van der Waals surface area (Å²) in [4.78, 5) is 3.76. The van der Waals surface area contributed by atoms with Crippen LogP contribution in [0.3, 0.4) is 0 Å². The molecule has 0 radical (unpaired) electrons. The summed E-state index contributed by atoms with van der Waals surface area (Å²) in [5, 5.41) is 4.79. The fraction of sp³-hybridized carbons (Fsp3) is 0.375. The second kappa shape index (κ2) is 3.73. The molecule has 5 nitrogen and oxygen atoms in total. The van der Waals surface area contributed by atoms with E-state index in [0.717, 1.165) is 12.8 Å². The van der Waals surface area contributed by atoms with Crippen LogP contribution in [0.4, 0.5) is 0 Å². The molecule has 82 valence electrons. The van der Waals surface area contributed by atoms with E-state index in [1.807, 2.05) is 0 Å². The molecule has 15 heavy (non-hydrogen) atoms. The van der Waals surface area contributed by atoms with E-state index in [9.17, 15) is 8.42 Å². The van der Waals surface area contributed by atoms with Crippen LogP contribution < -0.4 is 9.88 Å². The smallest absolute Gasteiger partial charge is 0.255 e. The van der Waals surface area contributed by atoms with Crippen molar-refractivity contribution in [2.75, 3.05) is 0 Å². The van der Waals surface area contributed by atoms with E-state index in [1.54, 1.807) is 6.07 Å². The van der Waals surface area contributed by atoms with Crippen molar-refractivity contribution in [3.8, 4) is 5.75 Å². The Morgan fingerprint density at radius 3 is 2.67 bits per heavy atom. The van der Waals surface area contributed by atoms with Gasteiger partial charge in [-0.3, -0.25) is 0 Å². The molecule has 1 fully saturated rings. The van der Waals surface area contributed by atoms with Gasteiger partial charge in [-0.2, -0.15) is 0 Å². The molecule has 1 heterocycles. The fourth-order valence-electron chi connectivity index (χ4n) is 1.04. The number of halogens is 1. The Kier molecular flexibility index (Phi) is 2.70. The Morgan fingerprint density at radius 1 is 1.47 bits per heavy atom. The Bertz CT molecular complexity index is 485. The van der Waals surface area contributed by atoms with Crippen molar-refractivity contribution in [2.45, 2.75) is 24.0 Å². The highest BCUT2D eigenvalue weighted by Gasteiger charge is 2.24. The van der Waals surface area contributed by atoms with E-state index in [0.29, 0.717) is 10.4 Å².